The van der Waals surface area contributed by atoms with Crippen LogP contribution in [0.15, 0.2) is 29.4 Å². The molecule has 12 heteroatoms. The third-order valence-electron chi connectivity index (χ3n) is 3.74. The number of thioether (sulfide) groups is 1. The number of rotatable bonds is 11. The molecule has 2 aromatic rings. The lowest BCUT2D eigenvalue weighted by atomic mass is 10.0. The molecule has 2 rings (SSSR count). The molecule has 30 heavy (non-hydrogen) atoms. The number of carbonyl (C=O) groups is 1. The zero-order valence-corrected chi connectivity index (χ0v) is 18.5. The highest BCUT2D eigenvalue weighted by Crippen LogP contribution is 2.22. The van der Waals surface area contributed by atoms with Crippen molar-refractivity contribution in [3.05, 3.63) is 29.8 Å². The Bertz CT molecular complexity index is 985. The van der Waals surface area contributed by atoms with E-state index in [9.17, 15) is 23.4 Å². The first-order valence-electron chi connectivity index (χ1n) is 9.12. The van der Waals surface area contributed by atoms with E-state index < -0.39 is 10.0 Å². The predicted molar refractivity (Wildman–Crippen MR) is 115 cm³/mol. The molecule has 0 saturated carbocycles. The summed E-state index contributed by atoms with van der Waals surface area (Å²) in [7, 11) is -3.63. The molecule has 1 heterocycles. The summed E-state index contributed by atoms with van der Waals surface area (Å²) in [5.74, 6) is -0.356. The van der Waals surface area contributed by atoms with Gasteiger partial charge in [-0.1, -0.05) is 37.7 Å². The summed E-state index contributed by atoms with van der Waals surface area (Å²) in [5.41, 5.74) is 0.171. The average molecular weight is 456 g/mol. The molecule has 0 aliphatic carbocycles. The highest BCUT2D eigenvalue weighted by molar-refractivity contribution is 7.99. The maximum atomic E-state index is 12.4. The molecule has 0 unspecified atom stereocenters. The van der Waals surface area contributed by atoms with Crippen LogP contribution in [-0.2, 0) is 10.0 Å². The number of benzene rings is 1. The fourth-order valence-electron chi connectivity index (χ4n) is 2.55. The summed E-state index contributed by atoms with van der Waals surface area (Å²) < 4.78 is 25.3. The lowest BCUT2D eigenvalue weighted by molar-refractivity contribution is 0.102. The van der Waals surface area contributed by atoms with Gasteiger partial charge in [0.1, 0.15) is 5.75 Å². The topological polar surface area (TPSA) is 154 Å². The van der Waals surface area contributed by atoms with Gasteiger partial charge in [-0.15, -0.1) is 0 Å². The summed E-state index contributed by atoms with van der Waals surface area (Å²) in [4.78, 5) is 24.7. The van der Waals surface area contributed by atoms with Crippen molar-refractivity contribution in [3.63, 3.8) is 0 Å². The number of hydrogen-bond acceptors (Lipinski definition) is 10. The molecule has 0 spiro atoms. The molecule has 0 aliphatic rings. The second-order valence-corrected chi connectivity index (χ2v) is 9.71. The van der Waals surface area contributed by atoms with Gasteiger partial charge in [0.15, 0.2) is 10.9 Å². The molecule has 1 aromatic carbocycles. The third kappa shape index (κ3) is 7.76. The van der Waals surface area contributed by atoms with Crippen molar-refractivity contribution in [2.24, 2.45) is 5.92 Å². The minimum Gasteiger partial charge on any atom is -0.507 e. The van der Waals surface area contributed by atoms with Crippen molar-refractivity contribution >= 4 is 39.5 Å². The predicted octanol–water partition coefficient (Wildman–Crippen LogP) is 1.74. The number of aliphatic hydroxyl groups is 1. The van der Waals surface area contributed by atoms with Gasteiger partial charge < -0.3 is 15.5 Å². The van der Waals surface area contributed by atoms with Crippen LogP contribution in [0.4, 0.5) is 11.9 Å². The van der Waals surface area contributed by atoms with E-state index in [1.807, 2.05) is 13.8 Å². The molecule has 0 aliphatic heterocycles. The zero-order valence-electron chi connectivity index (χ0n) is 16.9. The van der Waals surface area contributed by atoms with Gasteiger partial charge in [-0.3, -0.25) is 9.52 Å². The van der Waals surface area contributed by atoms with Crippen LogP contribution in [0.1, 0.15) is 30.6 Å². The Morgan fingerprint density at radius 3 is 2.43 bits per heavy atom. The number of carbonyl (C=O) groups excluding carboxylic acids is 1. The molecule has 0 fully saturated rings. The Morgan fingerprint density at radius 2 is 1.83 bits per heavy atom. The molecule has 164 valence electrons. The molecular weight excluding hydrogens is 430 g/mol. The van der Waals surface area contributed by atoms with Crippen LogP contribution in [0.5, 0.6) is 5.75 Å². The molecule has 0 radical (unpaired) electrons. The quantitative estimate of drug-likeness (QED) is 0.291. The first-order chi connectivity index (χ1) is 14.1. The number of nitrogens with one attached hydrogen (secondary N) is 2. The lowest BCUT2D eigenvalue weighted by Gasteiger charge is -2.18. The number of nitrogens with zero attached hydrogens (tertiary/aromatic N) is 3. The first kappa shape index (κ1) is 23.8. The Morgan fingerprint density at radius 1 is 1.17 bits per heavy atom. The number of aromatic hydroxyl groups is 1. The van der Waals surface area contributed by atoms with E-state index in [0.717, 1.165) is 18.0 Å². The van der Waals surface area contributed by atoms with Crippen molar-refractivity contribution in [2.75, 3.05) is 28.7 Å². The van der Waals surface area contributed by atoms with E-state index >= 15 is 0 Å². The fraction of sp³-hybridized carbons (Fsp3) is 0.444. The van der Waals surface area contributed by atoms with Gasteiger partial charge in [-0.2, -0.15) is 15.0 Å². The van der Waals surface area contributed by atoms with E-state index in [1.165, 1.54) is 12.1 Å². The van der Waals surface area contributed by atoms with Crippen LogP contribution in [0.2, 0.25) is 0 Å². The minimum atomic E-state index is -3.63. The number of aromatic nitrogens is 3. The zero-order chi connectivity index (χ0) is 22.3. The van der Waals surface area contributed by atoms with E-state index in [4.69, 9.17) is 0 Å². The van der Waals surface area contributed by atoms with Crippen molar-refractivity contribution in [1.29, 1.82) is 0 Å². The van der Waals surface area contributed by atoms with Gasteiger partial charge >= 0.3 is 0 Å². The minimum absolute atomic E-state index is 0.0746. The number of aliphatic hydroxyl groups excluding tert-OH is 1. The standard InChI is InChI=1S/C18H25N5O5S2/c1-11(2)8-12(9-24)19-16-20-17(23-30(3,27)28)22-18(21-16)29-10-15(26)13-6-4-5-7-14(13)25/h4-7,11-12,24-25H,8-10H2,1-3H3,(H2,19,20,21,22,23)/t12-/m1/s1. The Balaban J connectivity index is 2.23. The molecule has 1 atom stereocenters. The van der Waals surface area contributed by atoms with E-state index in [-0.39, 0.29) is 52.6 Å². The number of hydrogen-bond donors (Lipinski definition) is 4. The number of ketones is 1. The maximum Gasteiger partial charge on any atom is 0.242 e. The number of Topliss-reactive ketones (excluding diaryl/α,β-unsaturated/α-hetero) is 1. The van der Waals surface area contributed by atoms with Gasteiger partial charge in [-0.05, 0) is 24.5 Å². The summed E-state index contributed by atoms with van der Waals surface area (Å²) in [5, 5.41) is 22.5. The van der Waals surface area contributed by atoms with E-state index in [1.54, 1.807) is 12.1 Å². The molecule has 4 N–H and O–H groups in total. The largest absolute Gasteiger partial charge is 0.507 e. The highest BCUT2D eigenvalue weighted by atomic mass is 32.2. The fourth-order valence-corrected chi connectivity index (χ4v) is 3.69. The van der Waals surface area contributed by atoms with Crippen molar-refractivity contribution < 1.29 is 23.4 Å². The Hall–Kier alpha value is -2.44. The molecule has 10 nitrogen and oxygen atoms in total. The van der Waals surface area contributed by atoms with Gasteiger partial charge in [0, 0.05) is 0 Å². The van der Waals surface area contributed by atoms with Crippen molar-refractivity contribution in [1.82, 2.24) is 15.0 Å². The summed E-state index contributed by atoms with van der Waals surface area (Å²) in [6.45, 7) is 3.84. The summed E-state index contributed by atoms with van der Waals surface area (Å²) in [6.07, 6.45) is 1.61. The highest BCUT2D eigenvalue weighted by Gasteiger charge is 2.17. The smallest absolute Gasteiger partial charge is 0.242 e. The van der Waals surface area contributed by atoms with Gasteiger partial charge in [0.25, 0.3) is 0 Å². The number of para-hydroxylation sites is 1. The van der Waals surface area contributed by atoms with Gasteiger partial charge in [-0.25, -0.2) is 8.42 Å². The van der Waals surface area contributed by atoms with E-state index in [0.29, 0.717) is 12.3 Å². The van der Waals surface area contributed by atoms with Crippen LogP contribution >= 0.6 is 11.8 Å². The van der Waals surface area contributed by atoms with Crippen LogP contribution < -0.4 is 10.0 Å². The third-order valence-corrected chi connectivity index (χ3v) is 5.14. The second kappa shape index (κ2) is 10.5. The van der Waals surface area contributed by atoms with Crippen LogP contribution in [0.3, 0.4) is 0 Å². The van der Waals surface area contributed by atoms with Crippen LogP contribution in [0.25, 0.3) is 0 Å². The monoisotopic (exact) mass is 455 g/mol. The number of anilines is 2. The first-order valence-corrected chi connectivity index (χ1v) is 12.0. The average Bonchev–Trinajstić information content (AvgIpc) is 2.64. The molecule has 1 aromatic heterocycles. The van der Waals surface area contributed by atoms with Crippen molar-refractivity contribution in [3.8, 4) is 5.75 Å². The second-order valence-electron chi connectivity index (χ2n) is 7.02. The number of sulfonamides is 1. The Labute approximate surface area is 179 Å². The number of phenols is 1. The normalized spacial score (nSPS) is 12.6. The molecular formula is C18H25N5O5S2. The van der Waals surface area contributed by atoms with Gasteiger partial charge in [0.05, 0.1) is 30.2 Å². The molecule has 0 bridgehead atoms. The summed E-state index contributed by atoms with van der Waals surface area (Å²) >= 11 is 0.975. The maximum absolute atomic E-state index is 12.4. The summed E-state index contributed by atoms with van der Waals surface area (Å²) in [6, 6.07) is 5.84. The van der Waals surface area contributed by atoms with E-state index in [2.05, 4.69) is 25.0 Å². The molecule has 0 amide bonds. The SMILES string of the molecule is CC(C)C[C@H](CO)Nc1nc(NS(C)(=O)=O)nc(SCC(=O)c2ccccc2O)n1. The molecule has 0 saturated heterocycles. The Kier molecular flexibility index (Phi) is 8.38. The van der Waals surface area contributed by atoms with Gasteiger partial charge in [0.2, 0.25) is 21.9 Å². The number of phenolic OH excluding ortho intramolecular Hbond substituents is 1. The van der Waals surface area contributed by atoms with Crippen molar-refractivity contribution in [2.45, 2.75) is 31.5 Å². The lowest BCUT2D eigenvalue weighted by Crippen LogP contribution is -2.27. The van der Waals surface area contributed by atoms with Crippen LogP contribution in [0, 0.1) is 5.92 Å². The van der Waals surface area contributed by atoms with Crippen LogP contribution in [-0.4, -0.2) is 64.0 Å².